The molecule has 0 aliphatic heterocycles. The van der Waals surface area contributed by atoms with Gasteiger partial charge in [0.25, 0.3) is 0 Å². The van der Waals surface area contributed by atoms with Gasteiger partial charge in [-0.2, -0.15) is 8.78 Å². The molecule has 2 nitrogen and oxygen atoms in total. The first kappa shape index (κ1) is 15.1. The molecule has 0 bridgehead atoms. The summed E-state index contributed by atoms with van der Waals surface area (Å²) in [5.41, 5.74) is 0. The number of benzene rings is 2. The summed E-state index contributed by atoms with van der Waals surface area (Å²) in [7, 11) is -0.829. The Morgan fingerprint density at radius 1 is 0.571 bits per heavy atom. The summed E-state index contributed by atoms with van der Waals surface area (Å²) in [5, 5.41) is 0. The molecule has 0 saturated heterocycles. The highest BCUT2D eigenvalue weighted by Crippen LogP contribution is 2.23. The first-order valence-corrected chi connectivity index (χ1v) is 5.44. The van der Waals surface area contributed by atoms with Crippen LogP contribution in [-0.4, -0.2) is 7.69 Å². The molecule has 0 aliphatic rings. The van der Waals surface area contributed by atoms with Gasteiger partial charge in [0.2, 0.25) is 11.6 Å². The highest BCUT2D eigenvalue weighted by atomic mass is 19.2. The van der Waals surface area contributed by atoms with E-state index in [4.69, 9.17) is 0 Å². The largest absolute Gasteiger partial charge is 0.576 e. The second-order valence-electron chi connectivity index (χ2n) is 3.75. The quantitative estimate of drug-likeness (QED) is 0.490. The van der Waals surface area contributed by atoms with Gasteiger partial charge in [-0.1, -0.05) is 0 Å². The fourth-order valence-electron chi connectivity index (χ4n) is 1.40. The second-order valence-corrected chi connectivity index (χ2v) is 3.75. The van der Waals surface area contributed by atoms with Gasteiger partial charge in [-0.15, -0.1) is 0 Å². The summed E-state index contributed by atoms with van der Waals surface area (Å²) in [5.74, 6) is -10.9. The molecule has 0 unspecified atom stereocenters. The second kappa shape index (κ2) is 5.98. The smallest absolute Gasteiger partial charge is 0.526 e. The third-order valence-corrected chi connectivity index (χ3v) is 2.43. The van der Waals surface area contributed by atoms with Crippen LogP contribution < -0.4 is 9.31 Å². The molecule has 0 saturated carbocycles. The molecule has 0 aromatic heterocycles. The minimum atomic E-state index is -1.74. The maximum absolute atomic E-state index is 13.2. The lowest BCUT2D eigenvalue weighted by Gasteiger charge is -2.09. The molecule has 0 aliphatic carbocycles. The molecule has 9 heteroatoms. The summed E-state index contributed by atoms with van der Waals surface area (Å²) in [6.45, 7) is 0. The maximum Gasteiger partial charge on any atom is 0.576 e. The lowest BCUT2D eigenvalue weighted by atomic mass is 10.2. The van der Waals surface area contributed by atoms with E-state index in [2.05, 4.69) is 9.31 Å². The van der Waals surface area contributed by atoms with E-state index in [-0.39, 0.29) is 0 Å². The number of hydrogen-bond donors (Lipinski definition) is 0. The van der Waals surface area contributed by atoms with Gasteiger partial charge in [0.1, 0.15) is 11.5 Å². The van der Waals surface area contributed by atoms with Crippen molar-refractivity contribution in [2.75, 3.05) is 0 Å². The van der Waals surface area contributed by atoms with E-state index in [1.54, 1.807) is 0 Å². The average Bonchev–Trinajstić information content (AvgIpc) is 2.47. The monoisotopic (exact) mass is 306 g/mol. The van der Waals surface area contributed by atoms with Crippen LogP contribution in [0.3, 0.4) is 0 Å². The van der Waals surface area contributed by atoms with E-state index in [9.17, 15) is 26.3 Å². The molecule has 0 atom stereocenters. The molecule has 110 valence electrons. The summed E-state index contributed by atoms with van der Waals surface area (Å²) >= 11 is 0. The van der Waals surface area contributed by atoms with Crippen molar-refractivity contribution in [3.05, 3.63) is 59.2 Å². The Bertz CT molecular complexity index is 622. The Hall–Kier alpha value is -2.32. The number of hydrogen-bond acceptors (Lipinski definition) is 2. The van der Waals surface area contributed by atoms with Crippen LogP contribution in [0.15, 0.2) is 24.3 Å². The normalized spacial score (nSPS) is 10.4. The van der Waals surface area contributed by atoms with E-state index < -0.39 is 54.1 Å². The van der Waals surface area contributed by atoms with Gasteiger partial charge in [-0.25, -0.2) is 17.6 Å². The van der Waals surface area contributed by atoms with Crippen LogP contribution in [-0.2, 0) is 0 Å². The molecular formula is C12H5BF6O2. The molecule has 0 fully saturated rings. The molecule has 2 aromatic rings. The molecule has 2 aromatic carbocycles. The van der Waals surface area contributed by atoms with Gasteiger partial charge in [0, 0.05) is 0 Å². The van der Waals surface area contributed by atoms with Crippen molar-refractivity contribution >= 4 is 7.69 Å². The standard InChI is InChI=1S/C12H5BF6O2/c14-5-1-3-7(11(18)9(5)16)20-13-21-8-4-2-6(15)10(17)12(8)19/h1-4,13H. The van der Waals surface area contributed by atoms with Gasteiger partial charge in [-0.05, 0) is 24.3 Å². The summed E-state index contributed by atoms with van der Waals surface area (Å²) in [6, 6.07) is 2.81. The van der Waals surface area contributed by atoms with Crippen LogP contribution in [0.25, 0.3) is 0 Å². The van der Waals surface area contributed by atoms with Crippen LogP contribution in [0.5, 0.6) is 11.5 Å². The van der Waals surface area contributed by atoms with Crippen molar-refractivity contribution in [3.63, 3.8) is 0 Å². The lowest BCUT2D eigenvalue weighted by Crippen LogP contribution is -2.14. The van der Waals surface area contributed by atoms with Crippen molar-refractivity contribution < 1.29 is 35.7 Å². The zero-order valence-electron chi connectivity index (χ0n) is 10.1. The molecule has 21 heavy (non-hydrogen) atoms. The first-order valence-electron chi connectivity index (χ1n) is 5.44. The van der Waals surface area contributed by atoms with Gasteiger partial charge in [0.15, 0.2) is 23.3 Å². The minimum absolute atomic E-state index is 0.617. The zero-order valence-corrected chi connectivity index (χ0v) is 10.1. The fourth-order valence-corrected chi connectivity index (χ4v) is 1.40. The van der Waals surface area contributed by atoms with Gasteiger partial charge < -0.3 is 9.31 Å². The zero-order chi connectivity index (χ0) is 15.6. The average molecular weight is 306 g/mol. The lowest BCUT2D eigenvalue weighted by molar-refractivity contribution is 0.381. The SMILES string of the molecule is Fc1ccc(OBOc2ccc(F)c(F)c2F)c(F)c1F. The molecule has 0 amide bonds. The van der Waals surface area contributed by atoms with E-state index in [0.717, 1.165) is 12.1 Å². The summed E-state index contributed by atoms with van der Waals surface area (Å²) < 4.78 is 86.7. The Labute approximate surface area is 115 Å². The predicted octanol–water partition coefficient (Wildman–Crippen LogP) is 3.25. The molecule has 0 heterocycles. The first-order chi connectivity index (χ1) is 9.91. The van der Waals surface area contributed by atoms with Crippen LogP contribution >= 0.6 is 0 Å². The third-order valence-electron chi connectivity index (χ3n) is 2.43. The predicted molar refractivity (Wildman–Crippen MR) is 61.0 cm³/mol. The van der Waals surface area contributed by atoms with Crippen LogP contribution in [0, 0.1) is 34.9 Å². The Morgan fingerprint density at radius 2 is 0.952 bits per heavy atom. The van der Waals surface area contributed by atoms with Crippen molar-refractivity contribution in [1.82, 2.24) is 0 Å². The summed E-state index contributed by atoms with van der Waals surface area (Å²) in [4.78, 5) is 0. The van der Waals surface area contributed by atoms with E-state index in [0.29, 0.717) is 12.1 Å². The van der Waals surface area contributed by atoms with Crippen molar-refractivity contribution in [1.29, 1.82) is 0 Å². The molecular weight excluding hydrogens is 301 g/mol. The van der Waals surface area contributed by atoms with Crippen molar-refractivity contribution in [2.45, 2.75) is 0 Å². The topological polar surface area (TPSA) is 18.5 Å². The Morgan fingerprint density at radius 3 is 1.33 bits per heavy atom. The minimum Gasteiger partial charge on any atom is -0.526 e. The van der Waals surface area contributed by atoms with E-state index >= 15 is 0 Å². The highest BCUT2D eigenvalue weighted by molar-refractivity contribution is 6.20. The highest BCUT2D eigenvalue weighted by Gasteiger charge is 2.17. The maximum atomic E-state index is 13.2. The van der Waals surface area contributed by atoms with Crippen molar-refractivity contribution in [3.8, 4) is 11.5 Å². The fraction of sp³-hybridized carbons (Fsp3) is 0. The Balaban J connectivity index is 2.06. The number of halogens is 6. The van der Waals surface area contributed by atoms with Crippen LogP contribution in [0.2, 0.25) is 0 Å². The van der Waals surface area contributed by atoms with E-state index in [1.807, 2.05) is 0 Å². The third kappa shape index (κ3) is 3.06. The van der Waals surface area contributed by atoms with Crippen LogP contribution in [0.4, 0.5) is 26.3 Å². The van der Waals surface area contributed by atoms with Gasteiger partial charge >= 0.3 is 7.69 Å². The molecule has 2 rings (SSSR count). The van der Waals surface area contributed by atoms with Gasteiger partial charge in [-0.3, -0.25) is 0 Å². The summed E-state index contributed by atoms with van der Waals surface area (Å²) in [6.07, 6.45) is 0. The number of rotatable bonds is 4. The molecule has 0 spiro atoms. The molecule has 0 N–H and O–H groups in total. The molecule has 0 radical (unpaired) electrons. The van der Waals surface area contributed by atoms with Gasteiger partial charge in [0.05, 0.1) is 0 Å². The Kier molecular flexibility index (Phi) is 4.30. The van der Waals surface area contributed by atoms with E-state index in [1.165, 1.54) is 0 Å². The van der Waals surface area contributed by atoms with Crippen LogP contribution in [0.1, 0.15) is 0 Å². The van der Waals surface area contributed by atoms with Crippen molar-refractivity contribution in [2.24, 2.45) is 0 Å².